The molecule has 0 saturated carbocycles. The summed E-state index contributed by atoms with van der Waals surface area (Å²) in [5.41, 5.74) is 3.32. The molecule has 2 aliphatic rings. The molecule has 2 heterocycles. The van der Waals surface area contributed by atoms with E-state index in [1.54, 1.807) is 17.0 Å². The van der Waals surface area contributed by atoms with Crippen molar-refractivity contribution in [2.24, 2.45) is 0 Å². The van der Waals surface area contributed by atoms with Crippen LogP contribution in [-0.2, 0) is 14.3 Å². The Kier molecular flexibility index (Phi) is 7.88. The summed E-state index contributed by atoms with van der Waals surface area (Å²) in [5.74, 6) is -0.670. The highest BCUT2D eigenvalue weighted by molar-refractivity contribution is 6.46. The molecule has 2 saturated heterocycles. The van der Waals surface area contributed by atoms with Gasteiger partial charge in [0.25, 0.3) is 11.7 Å². The van der Waals surface area contributed by atoms with Crippen LogP contribution in [0.2, 0.25) is 0 Å². The summed E-state index contributed by atoms with van der Waals surface area (Å²) >= 11 is 0. The largest absolute Gasteiger partial charge is 0.507 e. The fraction of sp³-hybridized carbons (Fsp3) is 0.429. The zero-order valence-electron chi connectivity index (χ0n) is 20.8. The number of carbonyl (C=O) groups excluding carboxylic acids is 2. The summed E-state index contributed by atoms with van der Waals surface area (Å²) < 4.78 is 11.1. The average molecular weight is 479 g/mol. The van der Waals surface area contributed by atoms with Crippen LogP contribution in [0.15, 0.2) is 48.0 Å². The van der Waals surface area contributed by atoms with Crippen molar-refractivity contribution in [1.29, 1.82) is 0 Å². The predicted octanol–water partition coefficient (Wildman–Crippen LogP) is 3.85. The van der Waals surface area contributed by atoms with Crippen molar-refractivity contribution in [3.8, 4) is 5.75 Å². The lowest BCUT2D eigenvalue weighted by molar-refractivity contribution is -0.140. The molecule has 7 heteroatoms. The molecule has 1 N–H and O–H groups in total. The molecule has 0 bridgehead atoms. The van der Waals surface area contributed by atoms with Crippen LogP contribution in [-0.4, -0.2) is 72.6 Å². The number of Topliss-reactive ketones (excluding diaryl/α,β-unsaturated/α-hetero) is 1. The van der Waals surface area contributed by atoms with E-state index in [4.69, 9.17) is 9.47 Å². The Balaban J connectivity index is 1.71. The van der Waals surface area contributed by atoms with Gasteiger partial charge in [-0.25, -0.2) is 0 Å². The Morgan fingerprint density at radius 3 is 2.43 bits per heavy atom. The lowest BCUT2D eigenvalue weighted by Crippen LogP contribution is -2.42. The molecule has 7 nitrogen and oxygen atoms in total. The minimum atomic E-state index is -0.652. The van der Waals surface area contributed by atoms with Gasteiger partial charge in [0, 0.05) is 31.7 Å². The van der Waals surface area contributed by atoms with Crippen LogP contribution in [0.3, 0.4) is 0 Å². The minimum absolute atomic E-state index is 0.131. The number of nitrogens with zero attached hydrogens (tertiary/aromatic N) is 2. The first-order valence-corrected chi connectivity index (χ1v) is 12.3. The minimum Gasteiger partial charge on any atom is -0.507 e. The quantitative estimate of drug-likeness (QED) is 0.353. The molecule has 0 spiro atoms. The normalized spacial score (nSPS) is 20.4. The highest BCUT2D eigenvalue weighted by Gasteiger charge is 2.46. The molecular formula is C28H34N2O5. The number of aliphatic hydroxyl groups excluding tert-OH is 1. The van der Waals surface area contributed by atoms with E-state index >= 15 is 0 Å². The maximum atomic E-state index is 13.3. The number of ether oxygens (including phenoxy) is 2. The second-order valence-electron chi connectivity index (χ2n) is 9.18. The Morgan fingerprint density at radius 2 is 1.77 bits per heavy atom. The third kappa shape index (κ3) is 5.41. The monoisotopic (exact) mass is 478 g/mol. The number of hydrogen-bond donors (Lipinski definition) is 1. The van der Waals surface area contributed by atoms with Crippen molar-refractivity contribution in [1.82, 2.24) is 9.80 Å². The summed E-state index contributed by atoms with van der Waals surface area (Å²) in [5, 5.41) is 11.4. The van der Waals surface area contributed by atoms with E-state index in [1.807, 2.05) is 51.1 Å². The van der Waals surface area contributed by atoms with Crippen molar-refractivity contribution >= 4 is 17.4 Å². The number of likely N-dealkylation sites (tertiary alicyclic amines) is 1. The molecule has 4 rings (SSSR count). The number of hydrogen-bond acceptors (Lipinski definition) is 6. The van der Waals surface area contributed by atoms with Gasteiger partial charge in [-0.1, -0.05) is 36.8 Å². The highest BCUT2D eigenvalue weighted by Crippen LogP contribution is 2.40. The molecular weight excluding hydrogens is 444 g/mol. The molecule has 1 atom stereocenters. The third-order valence-corrected chi connectivity index (χ3v) is 6.62. The molecule has 2 aromatic carbocycles. The Bertz CT molecular complexity index is 1100. The number of aliphatic hydroxyl groups is 1. The summed E-state index contributed by atoms with van der Waals surface area (Å²) in [6.45, 7) is 10.4. The van der Waals surface area contributed by atoms with Gasteiger partial charge in [0.15, 0.2) is 0 Å². The van der Waals surface area contributed by atoms with E-state index in [0.717, 1.165) is 36.2 Å². The lowest BCUT2D eigenvalue weighted by Gasteiger charge is -2.31. The van der Waals surface area contributed by atoms with Gasteiger partial charge in [-0.2, -0.15) is 0 Å². The molecule has 2 aromatic rings. The third-order valence-electron chi connectivity index (χ3n) is 6.62. The molecule has 0 radical (unpaired) electrons. The van der Waals surface area contributed by atoms with Crippen LogP contribution in [0, 0.1) is 13.8 Å². The standard InChI is InChI=1S/C28H34N2O5/c1-4-15-35-22-9-10-23(20(3)18-22)26(31)24-25(21-7-5-19(2)6-8-21)30(28(33)27(24)32)12-11-29-13-16-34-17-14-29/h5-10,18,25,31H,4,11-17H2,1-3H3/b26-24-. The summed E-state index contributed by atoms with van der Waals surface area (Å²) in [6, 6.07) is 12.5. The fourth-order valence-corrected chi connectivity index (χ4v) is 4.64. The van der Waals surface area contributed by atoms with Crippen molar-refractivity contribution in [2.45, 2.75) is 33.2 Å². The molecule has 35 heavy (non-hydrogen) atoms. The van der Waals surface area contributed by atoms with Gasteiger partial charge >= 0.3 is 0 Å². The molecule has 186 valence electrons. The number of benzene rings is 2. The van der Waals surface area contributed by atoms with Crippen LogP contribution in [0.4, 0.5) is 0 Å². The van der Waals surface area contributed by atoms with Gasteiger partial charge < -0.3 is 19.5 Å². The van der Waals surface area contributed by atoms with Gasteiger partial charge in [0.05, 0.1) is 31.4 Å². The number of ketones is 1. The molecule has 0 aromatic heterocycles. The summed E-state index contributed by atoms with van der Waals surface area (Å²) in [6.07, 6.45) is 0.894. The van der Waals surface area contributed by atoms with Crippen LogP contribution >= 0.6 is 0 Å². The number of aryl methyl sites for hydroxylation is 2. The molecule has 1 amide bonds. The van der Waals surface area contributed by atoms with Gasteiger partial charge in [-0.15, -0.1) is 0 Å². The number of rotatable bonds is 8. The van der Waals surface area contributed by atoms with Gasteiger partial charge in [-0.3, -0.25) is 14.5 Å². The van der Waals surface area contributed by atoms with Crippen LogP contribution in [0.1, 0.15) is 41.6 Å². The Labute approximate surface area is 206 Å². The molecule has 1 unspecified atom stereocenters. The van der Waals surface area contributed by atoms with E-state index < -0.39 is 17.7 Å². The van der Waals surface area contributed by atoms with Crippen LogP contribution < -0.4 is 4.74 Å². The lowest BCUT2D eigenvalue weighted by atomic mass is 9.93. The Morgan fingerprint density at radius 1 is 1.06 bits per heavy atom. The van der Waals surface area contributed by atoms with Crippen molar-refractivity contribution in [2.75, 3.05) is 46.0 Å². The maximum Gasteiger partial charge on any atom is 0.295 e. The first-order valence-electron chi connectivity index (χ1n) is 12.3. The van der Waals surface area contributed by atoms with Crippen molar-refractivity contribution in [3.63, 3.8) is 0 Å². The molecule has 0 aliphatic carbocycles. The zero-order valence-corrected chi connectivity index (χ0v) is 20.8. The average Bonchev–Trinajstić information content (AvgIpc) is 3.12. The molecule has 2 aliphatic heterocycles. The summed E-state index contributed by atoms with van der Waals surface area (Å²) in [4.78, 5) is 30.3. The van der Waals surface area contributed by atoms with E-state index in [1.165, 1.54) is 0 Å². The topological polar surface area (TPSA) is 79.3 Å². The van der Waals surface area contributed by atoms with E-state index in [2.05, 4.69) is 4.90 Å². The second-order valence-corrected chi connectivity index (χ2v) is 9.18. The fourth-order valence-electron chi connectivity index (χ4n) is 4.64. The van der Waals surface area contributed by atoms with E-state index in [0.29, 0.717) is 44.2 Å². The van der Waals surface area contributed by atoms with E-state index in [-0.39, 0.29) is 11.3 Å². The molecule has 2 fully saturated rings. The number of amides is 1. The number of carbonyl (C=O) groups is 2. The predicted molar refractivity (Wildman–Crippen MR) is 134 cm³/mol. The zero-order chi connectivity index (χ0) is 24.9. The van der Waals surface area contributed by atoms with Gasteiger partial charge in [0.2, 0.25) is 0 Å². The Hall–Kier alpha value is -3.16. The van der Waals surface area contributed by atoms with Crippen molar-refractivity contribution in [3.05, 3.63) is 70.3 Å². The number of morpholine rings is 1. The van der Waals surface area contributed by atoms with Crippen LogP contribution in [0.5, 0.6) is 5.75 Å². The summed E-state index contributed by atoms with van der Waals surface area (Å²) in [7, 11) is 0. The van der Waals surface area contributed by atoms with Gasteiger partial charge in [0.1, 0.15) is 11.5 Å². The SMILES string of the molecule is CCCOc1ccc(/C(O)=C2/C(=O)C(=O)N(CCN3CCOCC3)C2c2ccc(C)cc2)c(C)c1. The van der Waals surface area contributed by atoms with Crippen LogP contribution in [0.25, 0.3) is 5.76 Å². The smallest absolute Gasteiger partial charge is 0.295 e. The van der Waals surface area contributed by atoms with Gasteiger partial charge in [-0.05, 0) is 49.6 Å². The first-order chi connectivity index (χ1) is 16.9. The highest BCUT2D eigenvalue weighted by atomic mass is 16.5. The maximum absolute atomic E-state index is 13.3. The van der Waals surface area contributed by atoms with Crippen molar-refractivity contribution < 1.29 is 24.2 Å². The first kappa shape index (κ1) is 24.9. The van der Waals surface area contributed by atoms with E-state index in [9.17, 15) is 14.7 Å². The second kappa shape index (κ2) is 11.1.